The van der Waals surface area contributed by atoms with E-state index in [-0.39, 0.29) is 5.75 Å². The van der Waals surface area contributed by atoms with Crippen molar-refractivity contribution in [3.05, 3.63) is 10.6 Å². The molecule has 0 spiro atoms. The van der Waals surface area contributed by atoms with E-state index in [2.05, 4.69) is 10.2 Å². The number of nitrogens with one attached hydrogen (secondary N) is 1. The Bertz CT molecular complexity index is 443. The lowest BCUT2D eigenvalue weighted by molar-refractivity contribution is 0.592. The number of hydrogen-bond donors (Lipinski definition) is 1. The van der Waals surface area contributed by atoms with Crippen LogP contribution in [-0.2, 0) is 16.4 Å². The van der Waals surface area contributed by atoms with Crippen LogP contribution in [0.4, 0.5) is 0 Å². The molecule has 1 N–H and O–H groups in total. The summed E-state index contributed by atoms with van der Waals surface area (Å²) >= 11 is 4.91. The zero-order valence-corrected chi connectivity index (χ0v) is 9.07. The molecule has 74 valence electrons. The van der Waals surface area contributed by atoms with Crippen molar-refractivity contribution in [3.8, 4) is 0 Å². The van der Waals surface area contributed by atoms with E-state index in [4.69, 9.17) is 12.2 Å². The summed E-state index contributed by atoms with van der Waals surface area (Å²) in [5.74, 6) is 0.787. The molecule has 1 aromatic heterocycles. The molecule has 0 radical (unpaired) electrons. The van der Waals surface area contributed by atoms with Crippen molar-refractivity contribution in [2.45, 2.75) is 13.5 Å². The van der Waals surface area contributed by atoms with Gasteiger partial charge in [-0.3, -0.25) is 5.10 Å². The Morgan fingerprint density at radius 3 is 2.62 bits per heavy atom. The molecule has 0 aliphatic heterocycles. The number of H-pyrrole nitrogens is 1. The van der Waals surface area contributed by atoms with Crippen LogP contribution in [0.25, 0.3) is 0 Å². The van der Waals surface area contributed by atoms with Gasteiger partial charge in [-0.15, -0.1) is 0 Å². The van der Waals surface area contributed by atoms with Gasteiger partial charge >= 0.3 is 0 Å². The molecule has 0 aliphatic carbocycles. The lowest BCUT2D eigenvalue weighted by Gasteiger charge is -2.01. The number of hydrogen-bond acceptors (Lipinski definition) is 4. The molecule has 0 fully saturated rings. The van der Waals surface area contributed by atoms with Gasteiger partial charge in [-0.05, 0) is 19.1 Å². The van der Waals surface area contributed by atoms with Crippen molar-refractivity contribution in [1.29, 1.82) is 0 Å². The van der Waals surface area contributed by atoms with Crippen LogP contribution in [0.1, 0.15) is 5.82 Å². The Kier molecular flexibility index (Phi) is 2.87. The number of rotatable bonds is 3. The van der Waals surface area contributed by atoms with E-state index in [1.54, 1.807) is 11.5 Å². The standard InChI is InChI=1S/C6H11N3O2S2/c1-5-7-8-6(12)9(5)3-4-13(2,10)11/h3-4H2,1-2H3,(H,8,12). The Morgan fingerprint density at radius 1 is 1.62 bits per heavy atom. The van der Waals surface area contributed by atoms with Crippen LogP contribution in [0.15, 0.2) is 0 Å². The normalized spacial score (nSPS) is 11.8. The minimum Gasteiger partial charge on any atom is -0.303 e. The van der Waals surface area contributed by atoms with Crippen LogP contribution in [0, 0.1) is 11.7 Å². The lowest BCUT2D eigenvalue weighted by atomic mass is 10.6. The van der Waals surface area contributed by atoms with E-state index in [1.807, 2.05) is 0 Å². The number of aromatic amines is 1. The minimum absolute atomic E-state index is 0.0850. The summed E-state index contributed by atoms with van der Waals surface area (Å²) in [6, 6.07) is 0. The Balaban J connectivity index is 2.82. The highest BCUT2D eigenvalue weighted by Gasteiger charge is 2.05. The second-order valence-corrected chi connectivity index (χ2v) is 5.50. The number of sulfone groups is 1. The van der Waals surface area contributed by atoms with Gasteiger partial charge in [0.25, 0.3) is 0 Å². The maximum atomic E-state index is 10.9. The summed E-state index contributed by atoms with van der Waals surface area (Å²) in [4.78, 5) is 0. The van der Waals surface area contributed by atoms with E-state index in [0.717, 1.165) is 0 Å². The highest BCUT2D eigenvalue weighted by Crippen LogP contribution is 1.96. The van der Waals surface area contributed by atoms with E-state index in [1.165, 1.54) is 6.26 Å². The predicted molar refractivity (Wildman–Crippen MR) is 51.9 cm³/mol. The smallest absolute Gasteiger partial charge is 0.195 e. The summed E-state index contributed by atoms with van der Waals surface area (Å²) in [5.41, 5.74) is 0. The molecule has 0 atom stereocenters. The van der Waals surface area contributed by atoms with Gasteiger partial charge in [-0.1, -0.05) is 0 Å². The molecule has 0 aromatic carbocycles. The van der Waals surface area contributed by atoms with Gasteiger partial charge < -0.3 is 4.57 Å². The maximum Gasteiger partial charge on any atom is 0.195 e. The monoisotopic (exact) mass is 221 g/mol. The molecule has 13 heavy (non-hydrogen) atoms. The first-order chi connectivity index (χ1) is 5.90. The fraction of sp³-hybridized carbons (Fsp3) is 0.667. The van der Waals surface area contributed by atoms with Crippen molar-refractivity contribution in [1.82, 2.24) is 14.8 Å². The summed E-state index contributed by atoms with van der Waals surface area (Å²) in [7, 11) is -2.94. The fourth-order valence-electron chi connectivity index (χ4n) is 0.917. The molecule has 1 rings (SSSR count). The number of nitrogens with zero attached hydrogens (tertiary/aromatic N) is 2. The Labute approximate surface area is 81.7 Å². The topological polar surface area (TPSA) is 67.8 Å². The molecular formula is C6H11N3O2S2. The van der Waals surface area contributed by atoms with Crippen molar-refractivity contribution in [2.24, 2.45) is 0 Å². The third-order valence-corrected chi connectivity index (χ3v) is 2.87. The van der Waals surface area contributed by atoms with Crippen molar-refractivity contribution in [2.75, 3.05) is 12.0 Å². The average molecular weight is 221 g/mol. The van der Waals surface area contributed by atoms with Crippen LogP contribution in [0.3, 0.4) is 0 Å². The van der Waals surface area contributed by atoms with Crippen LogP contribution < -0.4 is 0 Å². The van der Waals surface area contributed by atoms with Crippen LogP contribution >= 0.6 is 12.2 Å². The molecule has 0 saturated heterocycles. The highest BCUT2D eigenvalue weighted by atomic mass is 32.2. The molecule has 0 bridgehead atoms. The zero-order chi connectivity index (χ0) is 10.1. The molecular weight excluding hydrogens is 210 g/mol. The van der Waals surface area contributed by atoms with Gasteiger partial charge in [0.1, 0.15) is 15.7 Å². The molecule has 0 aliphatic rings. The van der Waals surface area contributed by atoms with Crippen LogP contribution in [0.5, 0.6) is 0 Å². The first-order valence-electron chi connectivity index (χ1n) is 3.70. The summed E-state index contributed by atoms with van der Waals surface area (Å²) in [6.07, 6.45) is 1.20. The van der Waals surface area contributed by atoms with E-state index < -0.39 is 9.84 Å². The highest BCUT2D eigenvalue weighted by molar-refractivity contribution is 7.90. The van der Waals surface area contributed by atoms with E-state index >= 15 is 0 Å². The zero-order valence-electron chi connectivity index (χ0n) is 7.44. The van der Waals surface area contributed by atoms with Gasteiger partial charge in [0, 0.05) is 12.8 Å². The second-order valence-electron chi connectivity index (χ2n) is 2.86. The average Bonchev–Trinajstić information content (AvgIpc) is 2.27. The largest absolute Gasteiger partial charge is 0.303 e. The van der Waals surface area contributed by atoms with Crippen molar-refractivity contribution in [3.63, 3.8) is 0 Å². The molecule has 5 nitrogen and oxygen atoms in total. The number of aromatic nitrogens is 3. The molecule has 0 amide bonds. The molecule has 0 saturated carbocycles. The second kappa shape index (κ2) is 3.59. The van der Waals surface area contributed by atoms with Crippen LogP contribution in [0.2, 0.25) is 0 Å². The Hall–Kier alpha value is -0.690. The molecule has 1 aromatic rings. The van der Waals surface area contributed by atoms with Gasteiger partial charge in [-0.25, -0.2) is 8.42 Å². The summed E-state index contributed by atoms with van der Waals surface area (Å²) in [6.45, 7) is 2.13. The van der Waals surface area contributed by atoms with Gasteiger partial charge in [-0.2, -0.15) is 5.10 Å². The van der Waals surface area contributed by atoms with Crippen molar-refractivity contribution >= 4 is 22.1 Å². The van der Waals surface area contributed by atoms with E-state index in [9.17, 15) is 8.42 Å². The van der Waals surface area contributed by atoms with E-state index in [0.29, 0.717) is 17.1 Å². The van der Waals surface area contributed by atoms with Crippen molar-refractivity contribution < 1.29 is 8.42 Å². The maximum absolute atomic E-state index is 10.9. The molecule has 0 unspecified atom stereocenters. The van der Waals surface area contributed by atoms with Gasteiger partial charge in [0.15, 0.2) is 4.77 Å². The lowest BCUT2D eigenvalue weighted by Crippen LogP contribution is -2.12. The fourth-order valence-corrected chi connectivity index (χ4v) is 1.70. The first kappa shape index (κ1) is 10.4. The molecule has 7 heteroatoms. The molecule has 1 heterocycles. The number of aryl methyl sites for hydroxylation is 1. The summed E-state index contributed by atoms with van der Waals surface area (Å²) < 4.78 is 23.9. The van der Waals surface area contributed by atoms with Gasteiger partial charge in [0.2, 0.25) is 0 Å². The quantitative estimate of drug-likeness (QED) is 0.745. The minimum atomic E-state index is -2.94. The SMILES string of the molecule is Cc1n[nH]c(=S)n1CCS(C)(=O)=O. The third kappa shape index (κ3) is 2.92. The van der Waals surface area contributed by atoms with Gasteiger partial charge in [0.05, 0.1) is 5.75 Å². The first-order valence-corrected chi connectivity index (χ1v) is 6.16. The van der Waals surface area contributed by atoms with Crippen LogP contribution in [-0.4, -0.2) is 35.2 Å². The summed E-state index contributed by atoms with van der Waals surface area (Å²) in [5, 5.41) is 6.46. The third-order valence-electron chi connectivity index (χ3n) is 1.63. The Morgan fingerprint density at radius 2 is 2.23 bits per heavy atom. The predicted octanol–water partition coefficient (Wildman–Crippen LogP) is 0.294.